The molecule has 0 saturated heterocycles. The summed E-state index contributed by atoms with van der Waals surface area (Å²) in [5.41, 5.74) is 1.75. The molecule has 0 spiro atoms. The highest BCUT2D eigenvalue weighted by Crippen LogP contribution is 2.15. The van der Waals surface area contributed by atoms with Gasteiger partial charge in [0.1, 0.15) is 5.69 Å². The Balaban J connectivity index is 1.84. The van der Waals surface area contributed by atoms with Gasteiger partial charge in [0.2, 0.25) is 5.82 Å². The molecule has 0 aliphatic carbocycles. The van der Waals surface area contributed by atoms with Crippen molar-refractivity contribution in [2.75, 3.05) is 0 Å². The maximum absolute atomic E-state index is 5.12. The molecule has 3 aromatic rings. The molecular weight excluding hydrogens is 232 g/mol. The quantitative estimate of drug-likeness (QED) is 0.704. The average Bonchev–Trinajstić information content (AvgIpc) is 3.07. The Morgan fingerprint density at radius 1 is 1.28 bits per heavy atom. The van der Waals surface area contributed by atoms with Crippen molar-refractivity contribution in [2.24, 2.45) is 7.05 Å². The van der Waals surface area contributed by atoms with Crippen LogP contribution < -0.4 is 0 Å². The zero-order valence-electron chi connectivity index (χ0n) is 9.65. The van der Waals surface area contributed by atoms with Crippen molar-refractivity contribution in [2.45, 2.75) is 0 Å². The largest absolute Gasteiger partial charge is 0.472 e. The highest BCUT2D eigenvalue weighted by molar-refractivity contribution is 5.65. The highest BCUT2D eigenvalue weighted by atomic mass is 16.5. The van der Waals surface area contributed by atoms with Crippen molar-refractivity contribution >= 4 is 12.2 Å². The Morgan fingerprint density at radius 2 is 2.22 bits per heavy atom. The molecule has 6 heteroatoms. The number of rotatable bonds is 3. The van der Waals surface area contributed by atoms with Gasteiger partial charge in [-0.1, -0.05) is 5.16 Å². The SMILES string of the molecule is Cn1nccc1-c1noc(/C=C/c2ccoc2)n1. The number of furan rings is 1. The van der Waals surface area contributed by atoms with E-state index in [9.17, 15) is 0 Å². The van der Waals surface area contributed by atoms with Crippen LogP contribution in [0.15, 0.2) is 39.8 Å². The summed E-state index contributed by atoms with van der Waals surface area (Å²) in [5, 5.41) is 7.95. The molecule has 0 aliphatic heterocycles. The number of aromatic nitrogens is 4. The molecule has 0 amide bonds. The summed E-state index contributed by atoms with van der Waals surface area (Å²) >= 11 is 0. The van der Waals surface area contributed by atoms with Gasteiger partial charge >= 0.3 is 0 Å². The smallest absolute Gasteiger partial charge is 0.251 e. The molecule has 6 nitrogen and oxygen atoms in total. The molecular formula is C12H10N4O2. The van der Waals surface area contributed by atoms with E-state index in [1.165, 1.54) is 0 Å². The minimum Gasteiger partial charge on any atom is -0.472 e. The van der Waals surface area contributed by atoms with Gasteiger partial charge in [0.15, 0.2) is 0 Å². The van der Waals surface area contributed by atoms with E-state index in [1.807, 2.05) is 25.3 Å². The van der Waals surface area contributed by atoms with Crippen LogP contribution in [-0.2, 0) is 7.05 Å². The standard InChI is InChI=1S/C12H10N4O2/c1-16-10(4-6-13-16)12-14-11(18-15-12)3-2-9-5-7-17-8-9/h2-8H,1H3/b3-2+. The third-order valence-corrected chi connectivity index (χ3v) is 2.45. The van der Waals surface area contributed by atoms with Crippen LogP contribution in [0.1, 0.15) is 11.5 Å². The van der Waals surface area contributed by atoms with Crippen LogP contribution in [-0.4, -0.2) is 19.9 Å². The number of nitrogens with zero attached hydrogens (tertiary/aromatic N) is 4. The van der Waals surface area contributed by atoms with Gasteiger partial charge in [-0.3, -0.25) is 4.68 Å². The summed E-state index contributed by atoms with van der Waals surface area (Å²) < 4.78 is 11.8. The van der Waals surface area contributed by atoms with Crippen molar-refractivity contribution in [1.82, 2.24) is 19.9 Å². The monoisotopic (exact) mass is 242 g/mol. The van der Waals surface area contributed by atoms with Gasteiger partial charge in [-0.05, 0) is 18.2 Å². The van der Waals surface area contributed by atoms with Crippen LogP contribution in [0.25, 0.3) is 23.7 Å². The van der Waals surface area contributed by atoms with Crippen LogP contribution >= 0.6 is 0 Å². The fraction of sp³-hybridized carbons (Fsp3) is 0.0833. The van der Waals surface area contributed by atoms with E-state index >= 15 is 0 Å². The molecule has 18 heavy (non-hydrogen) atoms. The molecule has 0 unspecified atom stereocenters. The fourth-order valence-electron chi connectivity index (χ4n) is 1.54. The van der Waals surface area contributed by atoms with Crippen molar-refractivity contribution in [1.29, 1.82) is 0 Å². The van der Waals surface area contributed by atoms with E-state index in [1.54, 1.807) is 29.5 Å². The van der Waals surface area contributed by atoms with E-state index in [2.05, 4.69) is 15.2 Å². The molecule has 0 atom stereocenters. The summed E-state index contributed by atoms with van der Waals surface area (Å²) in [5.74, 6) is 0.953. The van der Waals surface area contributed by atoms with Crippen molar-refractivity contribution in [3.8, 4) is 11.5 Å². The Labute approximate surface area is 103 Å². The Bertz CT molecular complexity index is 664. The first-order valence-electron chi connectivity index (χ1n) is 5.35. The van der Waals surface area contributed by atoms with Gasteiger partial charge in [0.25, 0.3) is 5.89 Å². The van der Waals surface area contributed by atoms with Gasteiger partial charge in [-0.2, -0.15) is 10.1 Å². The summed E-state index contributed by atoms with van der Waals surface area (Å²) in [6, 6.07) is 3.67. The first kappa shape index (κ1) is 10.5. The minimum absolute atomic E-state index is 0.437. The zero-order valence-corrected chi connectivity index (χ0v) is 9.65. The number of hydrogen-bond donors (Lipinski definition) is 0. The van der Waals surface area contributed by atoms with Crippen molar-refractivity contribution < 1.29 is 8.94 Å². The molecule has 3 rings (SSSR count). The lowest BCUT2D eigenvalue weighted by molar-refractivity contribution is 0.411. The highest BCUT2D eigenvalue weighted by Gasteiger charge is 2.09. The lowest BCUT2D eigenvalue weighted by atomic mass is 10.3. The summed E-state index contributed by atoms with van der Waals surface area (Å²) in [6.45, 7) is 0. The molecule has 0 radical (unpaired) electrons. The zero-order chi connectivity index (χ0) is 12.4. The summed E-state index contributed by atoms with van der Waals surface area (Å²) in [7, 11) is 1.83. The van der Waals surface area contributed by atoms with E-state index in [4.69, 9.17) is 8.94 Å². The number of hydrogen-bond acceptors (Lipinski definition) is 5. The van der Waals surface area contributed by atoms with Gasteiger partial charge < -0.3 is 8.94 Å². The lowest BCUT2D eigenvalue weighted by Gasteiger charge is -1.92. The molecule has 0 saturated carbocycles. The normalized spacial score (nSPS) is 11.4. The molecule has 0 bridgehead atoms. The van der Waals surface area contributed by atoms with Crippen LogP contribution in [0.4, 0.5) is 0 Å². The Morgan fingerprint density at radius 3 is 2.94 bits per heavy atom. The maximum atomic E-state index is 5.12. The van der Waals surface area contributed by atoms with Gasteiger partial charge in [-0.15, -0.1) is 0 Å². The molecule has 0 aliphatic rings. The van der Waals surface area contributed by atoms with Crippen molar-refractivity contribution in [3.63, 3.8) is 0 Å². The Kier molecular flexibility index (Phi) is 2.53. The van der Waals surface area contributed by atoms with Crippen LogP contribution in [0.3, 0.4) is 0 Å². The first-order chi connectivity index (χ1) is 8.83. The van der Waals surface area contributed by atoms with Crippen LogP contribution in [0, 0.1) is 0 Å². The predicted molar refractivity (Wildman–Crippen MR) is 64.1 cm³/mol. The van der Waals surface area contributed by atoms with Gasteiger partial charge in [0.05, 0.1) is 12.5 Å². The van der Waals surface area contributed by atoms with E-state index in [0.29, 0.717) is 11.7 Å². The molecule has 90 valence electrons. The first-order valence-corrected chi connectivity index (χ1v) is 5.35. The summed E-state index contributed by atoms with van der Waals surface area (Å²) in [6.07, 6.45) is 8.50. The second kappa shape index (κ2) is 4.33. The molecule has 0 aromatic carbocycles. The Hall–Kier alpha value is -2.63. The van der Waals surface area contributed by atoms with Crippen LogP contribution in [0.5, 0.6) is 0 Å². The molecule has 0 fully saturated rings. The second-order valence-corrected chi connectivity index (χ2v) is 3.69. The third-order valence-electron chi connectivity index (χ3n) is 2.45. The molecule has 3 aromatic heterocycles. The predicted octanol–water partition coefficient (Wildman–Crippen LogP) is 2.23. The summed E-state index contributed by atoms with van der Waals surface area (Å²) in [4.78, 5) is 4.26. The average molecular weight is 242 g/mol. The fourth-order valence-corrected chi connectivity index (χ4v) is 1.54. The topological polar surface area (TPSA) is 69.9 Å². The van der Waals surface area contributed by atoms with Gasteiger partial charge in [-0.25, -0.2) is 0 Å². The van der Waals surface area contributed by atoms with Crippen molar-refractivity contribution in [3.05, 3.63) is 42.3 Å². The molecule has 0 N–H and O–H groups in total. The lowest BCUT2D eigenvalue weighted by Crippen LogP contribution is -1.94. The van der Waals surface area contributed by atoms with Gasteiger partial charge in [0, 0.05) is 24.9 Å². The minimum atomic E-state index is 0.437. The van der Waals surface area contributed by atoms with E-state index in [0.717, 1.165) is 11.3 Å². The van der Waals surface area contributed by atoms with E-state index in [-0.39, 0.29) is 0 Å². The third kappa shape index (κ3) is 1.95. The number of aryl methyl sites for hydroxylation is 1. The maximum Gasteiger partial charge on any atom is 0.251 e. The van der Waals surface area contributed by atoms with E-state index < -0.39 is 0 Å². The van der Waals surface area contributed by atoms with Crippen LogP contribution in [0.2, 0.25) is 0 Å². The molecule has 3 heterocycles. The second-order valence-electron chi connectivity index (χ2n) is 3.69.